The van der Waals surface area contributed by atoms with Crippen molar-refractivity contribution in [2.45, 2.75) is 26.3 Å². The first-order valence-electron chi connectivity index (χ1n) is 4.58. The molecule has 0 atom stereocenters. The van der Waals surface area contributed by atoms with Gasteiger partial charge in [-0.2, -0.15) is 4.39 Å². The SMILES string of the molecule is Cc1c(F)sc(C2=NC(C)(C)CO2)c1Cl. The van der Waals surface area contributed by atoms with E-state index in [1.54, 1.807) is 6.92 Å². The smallest absolute Gasteiger partial charge is 0.228 e. The topological polar surface area (TPSA) is 21.6 Å². The number of ether oxygens (including phenoxy) is 1. The van der Waals surface area contributed by atoms with Crippen molar-refractivity contribution in [2.24, 2.45) is 4.99 Å². The van der Waals surface area contributed by atoms with Gasteiger partial charge in [0.1, 0.15) is 11.5 Å². The molecule has 1 aromatic heterocycles. The van der Waals surface area contributed by atoms with Crippen LogP contribution in [-0.4, -0.2) is 18.0 Å². The summed E-state index contributed by atoms with van der Waals surface area (Å²) >= 11 is 6.98. The maximum atomic E-state index is 13.3. The lowest BCUT2D eigenvalue weighted by atomic mass is 10.1. The summed E-state index contributed by atoms with van der Waals surface area (Å²) in [4.78, 5) is 4.95. The Labute approximate surface area is 96.7 Å². The lowest BCUT2D eigenvalue weighted by Crippen LogP contribution is -2.17. The zero-order chi connectivity index (χ0) is 11.2. The van der Waals surface area contributed by atoms with Crippen LogP contribution in [-0.2, 0) is 4.74 Å². The molecule has 0 saturated heterocycles. The summed E-state index contributed by atoms with van der Waals surface area (Å²) in [5, 5.41) is 0.139. The third-order valence-corrected chi connectivity index (χ3v) is 3.83. The van der Waals surface area contributed by atoms with Crippen molar-refractivity contribution < 1.29 is 9.13 Å². The van der Waals surface area contributed by atoms with Crippen molar-refractivity contribution in [1.29, 1.82) is 0 Å². The Bertz CT molecular complexity index is 439. The molecule has 0 fully saturated rings. The van der Waals surface area contributed by atoms with Gasteiger partial charge in [0.25, 0.3) is 0 Å². The molecule has 0 amide bonds. The monoisotopic (exact) mass is 247 g/mol. The fraction of sp³-hybridized carbons (Fsp3) is 0.500. The number of halogens is 2. The van der Waals surface area contributed by atoms with Gasteiger partial charge in [0, 0.05) is 5.56 Å². The minimum atomic E-state index is -0.272. The molecule has 2 heterocycles. The Kier molecular flexibility index (Phi) is 2.51. The van der Waals surface area contributed by atoms with Gasteiger partial charge in [0.05, 0.1) is 10.6 Å². The lowest BCUT2D eigenvalue weighted by molar-refractivity contribution is 0.280. The molecule has 5 heteroatoms. The summed E-state index contributed by atoms with van der Waals surface area (Å²) in [5.74, 6) is 0.460. The number of aliphatic imine (C=N–C) groups is 1. The summed E-state index contributed by atoms with van der Waals surface area (Å²) in [6.07, 6.45) is 0. The van der Waals surface area contributed by atoms with Crippen LogP contribution in [0, 0.1) is 12.1 Å². The van der Waals surface area contributed by atoms with Gasteiger partial charge in [-0.15, -0.1) is 0 Å². The van der Waals surface area contributed by atoms with Crippen molar-refractivity contribution in [1.82, 2.24) is 0 Å². The van der Waals surface area contributed by atoms with E-state index >= 15 is 0 Å². The van der Waals surface area contributed by atoms with Crippen molar-refractivity contribution >= 4 is 28.8 Å². The molecular formula is C10H11ClFNOS. The number of nitrogens with zero attached hydrogens (tertiary/aromatic N) is 1. The fourth-order valence-electron chi connectivity index (χ4n) is 1.31. The Morgan fingerprint density at radius 1 is 1.53 bits per heavy atom. The fourth-order valence-corrected chi connectivity index (χ4v) is 2.51. The second-order valence-electron chi connectivity index (χ2n) is 4.16. The molecule has 1 aliphatic rings. The summed E-state index contributed by atoms with van der Waals surface area (Å²) < 4.78 is 18.7. The van der Waals surface area contributed by atoms with Gasteiger partial charge in [-0.3, -0.25) is 0 Å². The Morgan fingerprint density at radius 3 is 2.60 bits per heavy atom. The van der Waals surface area contributed by atoms with E-state index in [1.807, 2.05) is 13.8 Å². The number of hydrogen-bond acceptors (Lipinski definition) is 3. The van der Waals surface area contributed by atoms with E-state index in [1.165, 1.54) is 0 Å². The molecular weight excluding hydrogens is 237 g/mol. The molecule has 0 N–H and O–H groups in total. The van der Waals surface area contributed by atoms with Crippen molar-refractivity contribution in [3.05, 3.63) is 20.6 Å². The van der Waals surface area contributed by atoms with Crippen LogP contribution in [0.25, 0.3) is 0 Å². The predicted octanol–water partition coefficient (Wildman–Crippen LogP) is 3.40. The van der Waals surface area contributed by atoms with E-state index in [-0.39, 0.29) is 10.7 Å². The molecule has 0 bridgehead atoms. The average Bonchev–Trinajstić information content (AvgIpc) is 2.62. The normalized spacial score (nSPS) is 18.9. The molecule has 0 aliphatic carbocycles. The highest BCUT2D eigenvalue weighted by Crippen LogP contribution is 2.34. The molecule has 2 nitrogen and oxygen atoms in total. The highest BCUT2D eigenvalue weighted by Gasteiger charge is 2.30. The Balaban J connectivity index is 2.44. The van der Waals surface area contributed by atoms with Crippen molar-refractivity contribution in [3.63, 3.8) is 0 Å². The molecule has 82 valence electrons. The molecule has 0 radical (unpaired) electrons. The summed E-state index contributed by atoms with van der Waals surface area (Å²) in [6.45, 7) is 6.09. The number of hydrogen-bond donors (Lipinski definition) is 0. The van der Waals surface area contributed by atoms with Crippen molar-refractivity contribution in [2.75, 3.05) is 6.61 Å². The van der Waals surface area contributed by atoms with Gasteiger partial charge in [-0.1, -0.05) is 22.9 Å². The standard InChI is InChI=1S/C10H11ClFNOS/c1-5-6(11)7(15-8(5)12)9-13-10(2,3)4-14-9/h4H2,1-3H3. The number of thiophene rings is 1. The Morgan fingerprint density at radius 2 is 2.20 bits per heavy atom. The lowest BCUT2D eigenvalue weighted by Gasteiger charge is -2.07. The maximum absolute atomic E-state index is 13.3. The van der Waals surface area contributed by atoms with Gasteiger partial charge in [0.15, 0.2) is 5.13 Å². The van der Waals surface area contributed by atoms with E-state index in [2.05, 4.69) is 4.99 Å². The maximum Gasteiger partial charge on any atom is 0.228 e. The second kappa shape index (κ2) is 3.46. The molecule has 1 aliphatic heterocycles. The third-order valence-electron chi connectivity index (χ3n) is 2.18. The van der Waals surface area contributed by atoms with Crippen LogP contribution in [0.4, 0.5) is 4.39 Å². The van der Waals surface area contributed by atoms with E-state index in [0.717, 1.165) is 11.3 Å². The molecule has 1 aromatic rings. The first-order chi connectivity index (χ1) is 6.91. The molecule has 0 unspecified atom stereocenters. The van der Waals surface area contributed by atoms with Crippen LogP contribution < -0.4 is 0 Å². The highest BCUT2D eigenvalue weighted by molar-refractivity contribution is 7.13. The van der Waals surface area contributed by atoms with Crippen LogP contribution in [0.5, 0.6) is 0 Å². The predicted molar refractivity (Wildman–Crippen MR) is 60.6 cm³/mol. The highest BCUT2D eigenvalue weighted by atomic mass is 35.5. The number of rotatable bonds is 1. The van der Waals surface area contributed by atoms with Crippen LogP contribution in [0.3, 0.4) is 0 Å². The largest absolute Gasteiger partial charge is 0.474 e. The summed E-state index contributed by atoms with van der Waals surface area (Å²) in [6, 6.07) is 0. The first-order valence-corrected chi connectivity index (χ1v) is 5.77. The molecule has 0 spiro atoms. The van der Waals surface area contributed by atoms with Crippen LogP contribution >= 0.6 is 22.9 Å². The zero-order valence-electron chi connectivity index (χ0n) is 8.73. The minimum absolute atomic E-state index is 0.243. The van der Waals surface area contributed by atoms with Crippen molar-refractivity contribution in [3.8, 4) is 0 Å². The quantitative estimate of drug-likeness (QED) is 0.745. The van der Waals surface area contributed by atoms with Crippen LogP contribution in [0.2, 0.25) is 5.02 Å². The molecule has 0 saturated carbocycles. The summed E-state index contributed by atoms with van der Waals surface area (Å²) in [5.41, 5.74) is 0.222. The third kappa shape index (κ3) is 1.88. The molecule has 0 aromatic carbocycles. The van der Waals surface area contributed by atoms with Gasteiger partial charge in [0.2, 0.25) is 5.90 Å². The van der Waals surface area contributed by atoms with Crippen LogP contribution in [0.1, 0.15) is 24.3 Å². The minimum Gasteiger partial charge on any atom is -0.474 e. The van der Waals surface area contributed by atoms with Gasteiger partial charge in [-0.05, 0) is 20.8 Å². The van der Waals surface area contributed by atoms with Crippen LogP contribution in [0.15, 0.2) is 4.99 Å². The zero-order valence-corrected chi connectivity index (χ0v) is 10.3. The Hall–Kier alpha value is -0.610. The van der Waals surface area contributed by atoms with E-state index in [4.69, 9.17) is 16.3 Å². The summed E-state index contributed by atoms with van der Waals surface area (Å²) in [7, 11) is 0. The van der Waals surface area contributed by atoms with E-state index in [9.17, 15) is 4.39 Å². The van der Waals surface area contributed by atoms with Gasteiger partial charge in [-0.25, -0.2) is 4.99 Å². The van der Waals surface area contributed by atoms with Gasteiger partial charge < -0.3 is 4.74 Å². The molecule has 15 heavy (non-hydrogen) atoms. The van der Waals surface area contributed by atoms with E-state index in [0.29, 0.717) is 28.0 Å². The van der Waals surface area contributed by atoms with Gasteiger partial charge >= 0.3 is 0 Å². The average molecular weight is 248 g/mol. The van der Waals surface area contributed by atoms with E-state index < -0.39 is 0 Å². The second-order valence-corrected chi connectivity index (χ2v) is 5.51. The first kappa shape index (κ1) is 10.9. The molecule has 2 rings (SSSR count).